The molecule has 96 valence electrons. The zero-order valence-corrected chi connectivity index (χ0v) is 11.1. The van der Waals surface area contributed by atoms with Crippen LogP contribution in [0.25, 0.3) is 11.2 Å². The van der Waals surface area contributed by atoms with Gasteiger partial charge in [0.2, 0.25) is 0 Å². The number of nitrogens with zero attached hydrogens (tertiary/aromatic N) is 2. The van der Waals surface area contributed by atoms with Crippen LogP contribution in [0.5, 0.6) is 0 Å². The lowest BCUT2D eigenvalue weighted by Crippen LogP contribution is -1.90. The topological polar surface area (TPSA) is 41.6 Å². The number of hydrogen-bond acceptors (Lipinski definition) is 2. The summed E-state index contributed by atoms with van der Waals surface area (Å²) in [5.41, 5.74) is 2.20. The van der Waals surface area contributed by atoms with Crippen LogP contribution in [0.4, 0.5) is 4.39 Å². The summed E-state index contributed by atoms with van der Waals surface area (Å²) >= 11 is 11.7. The van der Waals surface area contributed by atoms with Crippen LogP contribution >= 0.6 is 23.2 Å². The number of hydrogen-bond donors (Lipinski definition) is 1. The second-order valence-electron chi connectivity index (χ2n) is 4.12. The Morgan fingerprint density at radius 2 is 1.84 bits per heavy atom. The van der Waals surface area contributed by atoms with Gasteiger partial charge in [0, 0.05) is 6.42 Å². The number of imidazole rings is 1. The Morgan fingerprint density at radius 1 is 1.11 bits per heavy atom. The number of aromatic nitrogens is 3. The fourth-order valence-electron chi connectivity index (χ4n) is 1.83. The van der Waals surface area contributed by atoms with E-state index in [0.717, 1.165) is 16.9 Å². The monoisotopic (exact) mass is 295 g/mol. The molecular weight excluding hydrogens is 288 g/mol. The average molecular weight is 296 g/mol. The van der Waals surface area contributed by atoms with Gasteiger partial charge < -0.3 is 4.98 Å². The molecule has 0 amide bonds. The highest BCUT2D eigenvalue weighted by Gasteiger charge is 2.08. The van der Waals surface area contributed by atoms with Crippen LogP contribution in [-0.4, -0.2) is 15.0 Å². The van der Waals surface area contributed by atoms with Crippen molar-refractivity contribution >= 4 is 34.4 Å². The summed E-state index contributed by atoms with van der Waals surface area (Å²) in [5.74, 6) is 0.473. The third-order valence-corrected chi connectivity index (χ3v) is 3.39. The van der Waals surface area contributed by atoms with Gasteiger partial charge in [-0.2, -0.15) is 0 Å². The molecule has 0 saturated heterocycles. The molecule has 0 aliphatic heterocycles. The van der Waals surface area contributed by atoms with E-state index in [-0.39, 0.29) is 11.0 Å². The molecule has 0 aliphatic carbocycles. The number of halogens is 3. The Balaban J connectivity index is 1.95. The summed E-state index contributed by atoms with van der Waals surface area (Å²) in [5, 5.41) is 0.611. The highest BCUT2D eigenvalue weighted by atomic mass is 35.5. The van der Waals surface area contributed by atoms with E-state index in [1.807, 2.05) is 0 Å². The summed E-state index contributed by atoms with van der Waals surface area (Å²) in [6, 6.07) is 7.97. The summed E-state index contributed by atoms with van der Waals surface area (Å²) in [4.78, 5) is 11.5. The Kier molecular flexibility index (Phi) is 3.12. The SMILES string of the molecule is Fc1ccc(Cc2nc3nc(Cl)c(Cl)cc3[nH]2)cc1. The molecule has 0 atom stereocenters. The van der Waals surface area contributed by atoms with Crippen LogP contribution in [0.15, 0.2) is 30.3 Å². The molecular formula is C13H8Cl2FN3. The minimum absolute atomic E-state index is 0.231. The molecule has 2 heterocycles. The normalized spacial score (nSPS) is 11.1. The fourth-order valence-corrected chi connectivity index (χ4v) is 2.11. The summed E-state index contributed by atoms with van der Waals surface area (Å²) < 4.78 is 12.8. The van der Waals surface area contributed by atoms with Gasteiger partial charge >= 0.3 is 0 Å². The Bertz CT molecular complexity index is 698. The Labute approximate surface area is 118 Å². The Hall–Kier alpha value is -1.65. The van der Waals surface area contributed by atoms with Gasteiger partial charge in [-0.15, -0.1) is 0 Å². The van der Waals surface area contributed by atoms with E-state index in [1.54, 1.807) is 18.2 Å². The van der Waals surface area contributed by atoms with Crippen LogP contribution < -0.4 is 0 Å². The molecule has 6 heteroatoms. The zero-order valence-electron chi connectivity index (χ0n) is 9.62. The highest BCUT2D eigenvalue weighted by Crippen LogP contribution is 2.23. The molecule has 1 N–H and O–H groups in total. The number of fused-ring (bicyclic) bond motifs is 1. The lowest BCUT2D eigenvalue weighted by atomic mass is 10.1. The average Bonchev–Trinajstić information content (AvgIpc) is 2.74. The second-order valence-corrected chi connectivity index (χ2v) is 4.88. The molecule has 0 saturated carbocycles. The predicted octanol–water partition coefficient (Wildman–Crippen LogP) is 3.99. The maximum atomic E-state index is 12.8. The molecule has 3 rings (SSSR count). The van der Waals surface area contributed by atoms with Crippen molar-refractivity contribution in [3.8, 4) is 0 Å². The van der Waals surface area contributed by atoms with E-state index >= 15 is 0 Å². The zero-order chi connectivity index (χ0) is 13.4. The number of rotatable bonds is 2. The van der Waals surface area contributed by atoms with Crippen molar-refractivity contribution in [1.82, 2.24) is 15.0 Å². The van der Waals surface area contributed by atoms with Crippen LogP contribution in [0, 0.1) is 5.82 Å². The molecule has 1 aromatic carbocycles. The van der Waals surface area contributed by atoms with Crippen LogP contribution in [0.2, 0.25) is 10.2 Å². The first-order valence-electron chi connectivity index (χ1n) is 5.57. The second kappa shape index (κ2) is 4.79. The fraction of sp³-hybridized carbons (Fsp3) is 0.0769. The molecule has 0 bridgehead atoms. The van der Waals surface area contributed by atoms with Crippen LogP contribution in [-0.2, 0) is 6.42 Å². The molecule has 0 unspecified atom stereocenters. The van der Waals surface area contributed by atoms with E-state index in [9.17, 15) is 4.39 Å². The van der Waals surface area contributed by atoms with Crippen molar-refractivity contribution in [2.24, 2.45) is 0 Å². The molecule has 19 heavy (non-hydrogen) atoms. The van der Waals surface area contributed by atoms with Gasteiger partial charge in [-0.1, -0.05) is 35.3 Å². The molecule has 0 aliphatic rings. The summed E-state index contributed by atoms with van der Waals surface area (Å²) in [6.07, 6.45) is 0.561. The quantitative estimate of drug-likeness (QED) is 0.726. The van der Waals surface area contributed by atoms with E-state index in [2.05, 4.69) is 15.0 Å². The minimum Gasteiger partial charge on any atom is -0.340 e. The molecule has 3 aromatic rings. The molecule has 3 nitrogen and oxygen atoms in total. The first kappa shape index (κ1) is 12.4. The minimum atomic E-state index is -0.256. The van der Waals surface area contributed by atoms with E-state index in [1.165, 1.54) is 12.1 Å². The van der Waals surface area contributed by atoms with Crippen molar-refractivity contribution in [1.29, 1.82) is 0 Å². The largest absolute Gasteiger partial charge is 0.340 e. The third-order valence-electron chi connectivity index (χ3n) is 2.72. The van der Waals surface area contributed by atoms with E-state index in [0.29, 0.717) is 17.1 Å². The number of benzene rings is 1. The van der Waals surface area contributed by atoms with Crippen molar-refractivity contribution in [3.63, 3.8) is 0 Å². The number of pyridine rings is 1. The summed E-state index contributed by atoms with van der Waals surface area (Å²) in [6.45, 7) is 0. The standard InChI is InChI=1S/C13H8Cl2FN3/c14-9-6-10-13(19-12(9)15)18-11(17-10)5-7-1-3-8(16)4-2-7/h1-4,6H,5H2,(H,17,18,19). The Morgan fingerprint density at radius 3 is 2.58 bits per heavy atom. The number of H-pyrrole nitrogens is 1. The number of aromatic amines is 1. The molecule has 0 spiro atoms. The van der Waals surface area contributed by atoms with Gasteiger partial charge in [-0.3, -0.25) is 0 Å². The van der Waals surface area contributed by atoms with Gasteiger partial charge in [0.1, 0.15) is 16.8 Å². The van der Waals surface area contributed by atoms with E-state index < -0.39 is 0 Å². The van der Waals surface area contributed by atoms with Gasteiger partial charge in [-0.05, 0) is 23.8 Å². The lowest BCUT2D eigenvalue weighted by molar-refractivity contribution is 0.627. The van der Waals surface area contributed by atoms with Crippen molar-refractivity contribution < 1.29 is 4.39 Å². The number of nitrogens with one attached hydrogen (secondary N) is 1. The van der Waals surface area contributed by atoms with Crippen molar-refractivity contribution in [2.75, 3.05) is 0 Å². The molecule has 0 radical (unpaired) electrons. The predicted molar refractivity (Wildman–Crippen MR) is 73.1 cm³/mol. The maximum Gasteiger partial charge on any atom is 0.179 e. The molecule has 2 aromatic heterocycles. The third kappa shape index (κ3) is 2.55. The molecule has 0 fully saturated rings. The highest BCUT2D eigenvalue weighted by molar-refractivity contribution is 6.41. The van der Waals surface area contributed by atoms with Crippen LogP contribution in [0.1, 0.15) is 11.4 Å². The van der Waals surface area contributed by atoms with Gasteiger partial charge in [0.05, 0.1) is 10.5 Å². The maximum absolute atomic E-state index is 12.8. The summed E-state index contributed by atoms with van der Waals surface area (Å²) in [7, 11) is 0. The van der Waals surface area contributed by atoms with Crippen molar-refractivity contribution in [2.45, 2.75) is 6.42 Å². The van der Waals surface area contributed by atoms with Gasteiger partial charge in [0.15, 0.2) is 5.65 Å². The van der Waals surface area contributed by atoms with Crippen molar-refractivity contribution in [3.05, 3.63) is 57.7 Å². The van der Waals surface area contributed by atoms with Gasteiger partial charge in [-0.25, -0.2) is 14.4 Å². The first-order chi connectivity index (χ1) is 9.11. The van der Waals surface area contributed by atoms with Crippen LogP contribution in [0.3, 0.4) is 0 Å². The smallest absolute Gasteiger partial charge is 0.179 e. The lowest BCUT2D eigenvalue weighted by Gasteiger charge is -1.97. The van der Waals surface area contributed by atoms with Gasteiger partial charge in [0.25, 0.3) is 0 Å². The van der Waals surface area contributed by atoms with E-state index in [4.69, 9.17) is 23.2 Å². The first-order valence-corrected chi connectivity index (χ1v) is 6.32.